The lowest BCUT2D eigenvalue weighted by Crippen LogP contribution is -2.59. The van der Waals surface area contributed by atoms with Crippen molar-refractivity contribution in [1.82, 2.24) is 15.5 Å². The van der Waals surface area contributed by atoms with Crippen molar-refractivity contribution in [3.05, 3.63) is 48.0 Å². The number of halogens is 3. The van der Waals surface area contributed by atoms with Gasteiger partial charge in [0.15, 0.2) is 5.11 Å². The first-order valence-corrected chi connectivity index (χ1v) is 10.3. The summed E-state index contributed by atoms with van der Waals surface area (Å²) in [5.74, 6) is -0.273. The van der Waals surface area contributed by atoms with Gasteiger partial charge in [0, 0.05) is 13.1 Å². The highest BCUT2D eigenvalue weighted by molar-refractivity contribution is 7.80. The number of amides is 1. The fourth-order valence-electron chi connectivity index (χ4n) is 3.01. The molecule has 0 saturated carbocycles. The quantitative estimate of drug-likeness (QED) is 0.416. The molecule has 1 heterocycles. The third-order valence-electron chi connectivity index (χ3n) is 4.43. The molecule has 2 aromatic rings. The largest absolute Gasteiger partial charge is 0.378 e. The number of carbonyl (C=O) groups is 1. The van der Waals surface area contributed by atoms with E-state index in [-0.39, 0.29) is 12.3 Å². The third kappa shape index (κ3) is 5.61. The summed E-state index contributed by atoms with van der Waals surface area (Å²) in [7, 11) is 0. The van der Waals surface area contributed by atoms with Crippen LogP contribution in [0.15, 0.2) is 42.5 Å². The minimum atomic E-state index is -1.77. The fourth-order valence-corrected chi connectivity index (χ4v) is 3.64. The van der Waals surface area contributed by atoms with Crippen LogP contribution in [0.5, 0.6) is 0 Å². The van der Waals surface area contributed by atoms with Gasteiger partial charge in [-0.3, -0.25) is 4.79 Å². The maximum Gasteiger partial charge on any atom is 0.228 e. The Balaban J connectivity index is 1.68. The molecular weight excluding hydrogens is 441 g/mol. The average molecular weight is 461 g/mol. The minimum absolute atomic E-state index is 0.157. The van der Waals surface area contributed by atoms with Gasteiger partial charge in [-0.1, -0.05) is 77.3 Å². The van der Waals surface area contributed by atoms with Gasteiger partial charge in [0.1, 0.15) is 6.17 Å². The number of morpholine rings is 1. The van der Waals surface area contributed by atoms with Crippen molar-refractivity contribution in [2.24, 2.45) is 0 Å². The Hall–Kier alpha value is -1.31. The zero-order valence-electron chi connectivity index (χ0n) is 15.0. The molecule has 1 fully saturated rings. The van der Waals surface area contributed by atoms with Gasteiger partial charge in [-0.05, 0) is 28.6 Å². The first-order chi connectivity index (χ1) is 13.3. The molecule has 0 aliphatic carbocycles. The van der Waals surface area contributed by atoms with Gasteiger partial charge in [0.05, 0.1) is 19.6 Å². The van der Waals surface area contributed by atoms with Crippen molar-refractivity contribution in [3.63, 3.8) is 0 Å². The Morgan fingerprint density at radius 3 is 2.50 bits per heavy atom. The molecule has 0 bridgehead atoms. The van der Waals surface area contributed by atoms with Gasteiger partial charge in [0.25, 0.3) is 0 Å². The molecular formula is C19H20Cl3N3O2S. The number of nitrogens with one attached hydrogen (secondary N) is 2. The summed E-state index contributed by atoms with van der Waals surface area (Å²) in [4.78, 5) is 14.6. The number of hydrogen-bond donors (Lipinski definition) is 2. The van der Waals surface area contributed by atoms with Crippen LogP contribution in [-0.2, 0) is 16.0 Å². The van der Waals surface area contributed by atoms with Crippen LogP contribution in [0, 0.1) is 0 Å². The Kier molecular flexibility index (Phi) is 7.23. The van der Waals surface area contributed by atoms with Crippen molar-refractivity contribution >= 4 is 68.8 Å². The number of alkyl halides is 3. The Morgan fingerprint density at radius 1 is 1.11 bits per heavy atom. The van der Waals surface area contributed by atoms with E-state index in [2.05, 4.69) is 10.6 Å². The van der Waals surface area contributed by atoms with Crippen LogP contribution in [0.1, 0.15) is 5.56 Å². The predicted octanol–water partition coefficient (Wildman–Crippen LogP) is 3.40. The predicted molar refractivity (Wildman–Crippen MR) is 118 cm³/mol. The number of thiocarbonyl (C=S) groups is 1. The summed E-state index contributed by atoms with van der Waals surface area (Å²) >= 11 is 23.6. The van der Waals surface area contributed by atoms with Crippen molar-refractivity contribution in [1.29, 1.82) is 0 Å². The van der Waals surface area contributed by atoms with Gasteiger partial charge in [-0.15, -0.1) is 0 Å². The lowest BCUT2D eigenvalue weighted by atomic mass is 10.0. The van der Waals surface area contributed by atoms with Crippen LogP contribution < -0.4 is 10.6 Å². The van der Waals surface area contributed by atoms with Crippen LogP contribution in [-0.4, -0.2) is 52.2 Å². The molecule has 1 aliphatic rings. The molecule has 2 aromatic carbocycles. The fraction of sp³-hybridized carbons (Fsp3) is 0.368. The third-order valence-corrected chi connectivity index (χ3v) is 5.46. The minimum Gasteiger partial charge on any atom is -0.378 e. The Labute approximate surface area is 184 Å². The first-order valence-electron chi connectivity index (χ1n) is 8.80. The normalized spacial score (nSPS) is 15.9. The van der Waals surface area contributed by atoms with Gasteiger partial charge in [-0.25, -0.2) is 0 Å². The van der Waals surface area contributed by atoms with E-state index in [1.807, 2.05) is 47.4 Å². The Bertz CT molecular complexity index is 848. The van der Waals surface area contributed by atoms with Gasteiger partial charge >= 0.3 is 0 Å². The molecule has 1 saturated heterocycles. The van der Waals surface area contributed by atoms with Gasteiger partial charge in [0.2, 0.25) is 9.70 Å². The molecule has 150 valence electrons. The molecule has 0 radical (unpaired) electrons. The number of nitrogens with zero attached hydrogens (tertiary/aromatic N) is 1. The highest BCUT2D eigenvalue weighted by atomic mass is 35.6. The number of rotatable bonds is 4. The van der Waals surface area contributed by atoms with Crippen LogP contribution >= 0.6 is 47.0 Å². The van der Waals surface area contributed by atoms with E-state index in [1.54, 1.807) is 0 Å². The van der Waals surface area contributed by atoms with Gasteiger partial charge in [-0.2, -0.15) is 0 Å². The lowest BCUT2D eigenvalue weighted by Gasteiger charge is -2.34. The molecule has 0 spiro atoms. The summed E-state index contributed by atoms with van der Waals surface area (Å²) in [5, 5.41) is 8.19. The SMILES string of the molecule is O=C(Cc1cccc2ccccc12)N[C@H](NC(=S)N1CCOCC1)C(Cl)(Cl)Cl. The van der Waals surface area contributed by atoms with Crippen LogP contribution in [0.25, 0.3) is 10.8 Å². The average Bonchev–Trinajstić information content (AvgIpc) is 2.67. The van der Waals surface area contributed by atoms with E-state index in [4.69, 9.17) is 51.8 Å². The van der Waals surface area contributed by atoms with Crippen molar-refractivity contribution in [2.75, 3.05) is 26.3 Å². The van der Waals surface area contributed by atoms with Crippen molar-refractivity contribution < 1.29 is 9.53 Å². The summed E-state index contributed by atoms with van der Waals surface area (Å²) in [6.45, 7) is 2.44. The zero-order chi connectivity index (χ0) is 20.1. The molecule has 2 N–H and O–H groups in total. The van der Waals surface area contributed by atoms with Crippen LogP contribution in [0.2, 0.25) is 0 Å². The van der Waals surface area contributed by atoms with E-state index in [0.717, 1.165) is 16.3 Å². The zero-order valence-corrected chi connectivity index (χ0v) is 18.0. The van der Waals surface area contributed by atoms with Crippen LogP contribution in [0.3, 0.4) is 0 Å². The van der Waals surface area contributed by atoms with E-state index >= 15 is 0 Å². The molecule has 1 aliphatic heterocycles. The first kappa shape index (κ1) is 21.4. The van der Waals surface area contributed by atoms with Gasteiger partial charge < -0.3 is 20.3 Å². The smallest absolute Gasteiger partial charge is 0.228 e. The van der Waals surface area contributed by atoms with E-state index in [9.17, 15) is 4.79 Å². The maximum atomic E-state index is 12.7. The Morgan fingerprint density at radius 2 is 1.79 bits per heavy atom. The molecule has 1 atom stereocenters. The standard InChI is InChI=1S/C19H20Cl3N3O2S/c20-19(21,22)17(24-18(28)25-8-10-27-11-9-25)23-16(26)12-14-6-3-5-13-4-1-2-7-15(13)14/h1-7,17H,8-12H2,(H,23,26)(H,24,28)/t17-/m1/s1. The molecule has 1 amide bonds. The summed E-state index contributed by atoms with van der Waals surface area (Å²) in [6, 6.07) is 13.7. The number of benzene rings is 2. The second kappa shape index (κ2) is 9.46. The second-order valence-corrected chi connectivity index (χ2v) is 9.16. The van der Waals surface area contributed by atoms with E-state index < -0.39 is 9.96 Å². The number of hydrogen-bond acceptors (Lipinski definition) is 3. The second-order valence-electron chi connectivity index (χ2n) is 6.41. The van der Waals surface area contributed by atoms with E-state index in [0.29, 0.717) is 31.4 Å². The summed E-state index contributed by atoms with van der Waals surface area (Å²) in [6.07, 6.45) is -0.805. The van der Waals surface area contributed by atoms with Crippen LogP contribution in [0.4, 0.5) is 0 Å². The summed E-state index contributed by atoms with van der Waals surface area (Å²) in [5.41, 5.74) is 0.898. The summed E-state index contributed by atoms with van der Waals surface area (Å²) < 4.78 is 3.54. The van der Waals surface area contributed by atoms with Crippen molar-refractivity contribution in [3.8, 4) is 0 Å². The maximum absolute atomic E-state index is 12.7. The number of carbonyl (C=O) groups excluding carboxylic acids is 1. The van der Waals surface area contributed by atoms with Crippen molar-refractivity contribution in [2.45, 2.75) is 16.4 Å². The monoisotopic (exact) mass is 459 g/mol. The molecule has 3 rings (SSSR count). The highest BCUT2D eigenvalue weighted by Crippen LogP contribution is 2.29. The number of fused-ring (bicyclic) bond motifs is 1. The lowest BCUT2D eigenvalue weighted by molar-refractivity contribution is -0.121. The molecule has 5 nitrogen and oxygen atoms in total. The molecule has 0 unspecified atom stereocenters. The highest BCUT2D eigenvalue weighted by Gasteiger charge is 2.35. The molecule has 28 heavy (non-hydrogen) atoms. The number of ether oxygens (including phenoxy) is 1. The topological polar surface area (TPSA) is 53.6 Å². The molecule has 0 aromatic heterocycles. The van der Waals surface area contributed by atoms with E-state index in [1.165, 1.54) is 0 Å². The molecule has 9 heteroatoms.